The average molecular weight is 120 g/mol. The Labute approximate surface area is 47.9 Å². The molecule has 1 rings (SSSR count). The maximum Gasteiger partial charge on any atom is 0.248 e. The monoisotopic (exact) mass is 120 g/mol. The molecule has 48 valence electrons. The molecule has 0 aliphatic heterocycles. The van der Waals surface area contributed by atoms with Gasteiger partial charge in [0.1, 0.15) is 0 Å². The summed E-state index contributed by atoms with van der Waals surface area (Å²) >= 11 is 0. The standard InChI is InChI=1S/C6H10F2/c1-5-2-3-6(7,8)4-5/h5H,2-4H2,1H3. The van der Waals surface area contributed by atoms with Crippen molar-refractivity contribution in [2.45, 2.75) is 32.1 Å². The lowest BCUT2D eigenvalue weighted by atomic mass is 10.1. The number of hydrogen-bond donors (Lipinski definition) is 0. The van der Waals surface area contributed by atoms with Gasteiger partial charge in [-0.05, 0) is 12.3 Å². The van der Waals surface area contributed by atoms with Gasteiger partial charge in [0.05, 0.1) is 0 Å². The highest BCUT2D eigenvalue weighted by atomic mass is 19.3. The van der Waals surface area contributed by atoms with Gasteiger partial charge in [0.25, 0.3) is 0 Å². The van der Waals surface area contributed by atoms with Crippen LogP contribution in [0.5, 0.6) is 0 Å². The van der Waals surface area contributed by atoms with Crippen LogP contribution in [0.3, 0.4) is 0 Å². The molecule has 0 bridgehead atoms. The second-order valence-electron chi connectivity index (χ2n) is 2.70. The van der Waals surface area contributed by atoms with E-state index < -0.39 is 5.92 Å². The van der Waals surface area contributed by atoms with Crippen LogP contribution in [-0.2, 0) is 0 Å². The van der Waals surface area contributed by atoms with Gasteiger partial charge >= 0.3 is 0 Å². The molecule has 0 radical (unpaired) electrons. The molecule has 1 unspecified atom stereocenters. The summed E-state index contributed by atoms with van der Waals surface area (Å²) in [5, 5.41) is 0. The minimum absolute atomic E-state index is 0.104. The van der Waals surface area contributed by atoms with E-state index in [1.54, 1.807) is 0 Å². The smallest absolute Gasteiger partial charge is 0.207 e. The molecular formula is C6H10F2. The number of rotatable bonds is 0. The largest absolute Gasteiger partial charge is 0.248 e. The first kappa shape index (κ1) is 5.99. The van der Waals surface area contributed by atoms with E-state index in [4.69, 9.17) is 0 Å². The van der Waals surface area contributed by atoms with Gasteiger partial charge in [0.15, 0.2) is 0 Å². The fourth-order valence-electron chi connectivity index (χ4n) is 1.17. The van der Waals surface area contributed by atoms with Crippen LogP contribution in [0.4, 0.5) is 8.78 Å². The van der Waals surface area contributed by atoms with Crippen LogP contribution in [0.15, 0.2) is 0 Å². The molecule has 0 aromatic heterocycles. The summed E-state index contributed by atoms with van der Waals surface area (Å²) in [5.41, 5.74) is 0. The van der Waals surface area contributed by atoms with Crippen molar-refractivity contribution in [1.82, 2.24) is 0 Å². The molecule has 1 saturated carbocycles. The summed E-state index contributed by atoms with van der Waals surface area (Å²) in [6, 6.07) is 0. The van der Waals surface area contributed by atoms with Gasteiger partial charge in [0.2, 0.25) is 5.92 Å². The Bertz CT molecular complexity index is 88.5. The zero-order valence-corrected chi connectivity index (χ0v) is 4.95. The zero-order valence-electron chi connectivity index (χ0n) is 4.95. The lowest BCUT2D eigenvalue weighted by Gasteiger charge is -2.04. The predicted octanol–water partition coefficient (Wildman–Crippen LogP) is 2.44. The minimum Gasteiger partial charge on any atom is -0.207 e. The van der Waals surface area contributed by atoms with E-state index in [2.05, 4.69) is 0 Å². The number of halogens is 2. The lowest BCUT2D eigenvalue weighted by Crippen LogP contribution is -2.08. The Hall–Kier alpha value is -0.140. The SMILES string of the molecule is CC1CCC(F)(F)C1. The van der Waals surface area contributed by atoms with Gasteiger partial charge in [0, 0.05) is 12.8 Å². The maximum absolute atomic E-state index is 12.2. The third-order valence-electron chi connectivity index (χ3n) is 1.65. The van der Waals surface area contributed by atoms with Crippen LogP contribution in [0, 0.1) is 5.92 Å². The van der Waals surface area contributed by atoms with Crippen molar-refractivity contribution < 1.29 is 8.78 Å². The fraction of sp³-hybridized carbons (Fsp3) is 1.00. The van der Waals surface area contributed by atoms with Gasteiger partial charge < -0.3 is 0 Å². The number of alkyl halides is 2. The first-order valence-corrected chi connectivity index (χ1v) is 2.98. The summed E-state index contributed by atoms with van der Waals surface area (Å²) in [6.45, 7) is 1.88. The van der Waals surface area contributed by atoms with Crippen LogP contribution in [0.1, 0.15) is 26.2 Å². The van der Waals surface area contributed by atoms with Crippen molar-refractivity contribution in [3.8, 4) is 0 Å². The normalized spacial score (nSPS) is 35.6. The summed E-state index contributed by atoms with van der Waals surface area (Å²) in [5.74, 6) is -2.09. The molecule has 0 aromatic carbocycles. The molecule has 0 nitrogen and oxygen atoms in total. The third-order valence-corrected chi connectivity index (χ3v) is 1.65. The van der Waals surface area contributed by atoms with Crippen LogP contribution in [0.2, 0.25) is 0 Å². The first-order valence-electron chi connectivity index (χ1n) is 2.98. The molecule has 2 heteroatoms. The molecule has 1 fully saturated rings. The van der Waals surface area contributed by atoms with Crippen molar-refractivity contribution in [3.05, 3.63) is 0 Å². The number of hydrogen-bond acceptors (Lipinski definition) is 0. The Balaban J connectivity index is 2.44. The second kappa shape index (κ2) is 1.67. The quantitative estimate of drug-likeness (QED) is 0.460. The lowest BCUT2D eigenvalue weighted by molar-refractivity contribution is 0.00580. The summed E-state index contributed by atoms with van der Waals surface area (Å²) in [6.07, 6.45) is 0.911. The highest BCUT2D eigenvalue weighted by Gasteiger charge is 2.36. The molecule has 0 amide bonds. The molecule has 0 saturated heterocycles. The van der Waals surface area contributed by atoms with Gasteiger partial charge in [-0.15, -0.1) is 0 Å². The molecule has 0 heterocycles. The summed E-state index contributed by atoms with van der Waals surface area (Å²) in [7, 11) is 0. The molecular weight excluding hydrogens is 110 g/mol. The molecule has 1 aliphatic carbocycles. The van der Waals surface area contributed by atoms with E-state index in [0.29, 0.717) is 6.42 Å². The molecule has 1 atom stereocenters. The molecule has 8 heavy (non-hydrogen) atoms. The summed E-state index contributed by atoms with van der Waals surface area (Å²) < 4.78 is 24.4. The van der Waals surface area contributed by atoms with Crippen molar-refractivity contribution >= 4 is 0 Å². The van der Waals surface area contributed by atoms with E-state index in [-0.39, 0.29) is 18.8 Å². The highest BCUT2D eigenvalue weighted by molar-refractivity contribution is 4.78. The Morgan fingerprint density at radius 1 is 1.50 bits per heavy atom. The highest BCUT2D eigenvalue weighted by Crippen LogP contribution is 2.38. The fourth-order valence-corrected chi connectivity index (χ4v) is 1.17. The van der Waals surface area contributed by atoms with Crippen LogP contribution in [0.25, 0.3) is 0 Å². The van der Waals surface area contributed by atoms with E-state index >= 15 is 0 Å². The van der Waals surface area contributed by atoms with Crippen LogP contribution in [-0.4, -0.2) is 5.92 Å². The van der Waals surface area contributed by atoms with Crippen LogP contribution < -0.4 is 0 Å². The van der Waals surface area contributed by atoms with Crippen molar-refractivity contribution in [2.24, 2.45) is 5.92 Å². The molecule has 0 aromatic rings. The van der Waals surface area contributed by atoms with Gasteiger partial charge in [-0.25, -0.2) is 8.78 Å². The maximum atomic E-state index is 12.2. The second-order valence-corrected chi connectivity index (χ2v) is 2.70. The van der Waals surface area contributed by atoms with Crippen molar-refractivity contribution in [1.29, 1.82) is 0 Å². The summed E-state index contributed by atoms with van der Waals surface area (Å²) in [4.78, 5) is 0. The predicted molar refractivity (Wildman–Crippen MR) is 28.0 cm³/mol. The molecule has 0 spiro atoms. The minimum atomic E-state index is -2.33. The third kappa shape index (κ3) is 1.17. The molecule has 1 aliphatic rings. The van der Waals surface area contributed by atoms with Gasteiger partial charge in [-0.1, -0.05) is 6.92 Å². The topological polar surface area (TPSA) is 0 Å². The van der Waals surface area contributed by atoms with Crippen molar-refractivity contribution in [3.63, 3.8) is 0 Å². The van der Waals surface area contributed by atoms with Gasteiger partial charge in [-0.2, -0.15) is 0 Å². The first-order chi connectivity index (χ1) is 3.60. The van der Waals surface area contributed by atoms with E-state index in [9.17, 15) is 8.78 Å². The van der Waals surface area contributed by atoms with Gasteiger partial charge in [-0.3, -0.25) is 0 Å². The Morgan fingerprint density at radius 2 is 2.12 bits per heavy atom. The van der Waals surface area contributed by atoms with E-state index in [1.807, 2.05) is 6.92 Å². The molecule has 0 N–H and O–H groups in total. The van der Waals surface area contributed by atoms with Crippen LogP contribution >= 0.6 is 0 Å². The van der Waals surface area contributed by atoms with E-state index in [1.165, 1.54) is 0 Å². The average Bonchev–Trinajstić information content (AvgIpc) is 1.82. The van der Waals surface area contributed by atoms with E-state index in [0.717, 1.165) is 0 Å². The Kier molecular flexibility index (Phi) is 1.25. The van der Waals surface area contributed by atoms with Crippen molar-refractivity contribution in [2.75, 3.05) is 0 Å². The Morgan fingerprint density at radius 3 is 2.25 bits per heavy atom. The zero-order chi connectivity index (χ0) is 6.20.